The topological polar surface area (TPSA) is 62.7 Å². The van der Waals surface area contributed by atoms with Crippen molar-refractivity contribution in [3.63, 3.8) is 0 Å². The third kappa shape index (κ3) is 10.4. The quantitative estimate of drug-likeness (QED) is 0.293. The van der Waals surface area contributed by atoms with Crippen LogP contribution in [0.4, 0.5) is 0 Å². The van der Waals surface area contributed by atoms with E-state index in [-0.39, 0.29) is 12.0 Å². The van der Waals surface area contributed by atoms with Gasteiger partial charge in [-0.3, -0.25) is 10.2 Å². The number of allylic oxidation sites excluding steroid dienone is 1. The maximum atomic E-state index is 10.8. The lowest BCUT2D eigenvalue weighted by atomic mass is 9.94. The fraction of sp³-hybridized carbons (Fsp3) is 0.333. The molecule has 1 aliphatic heterocycles. The zero-order valence-electron chi connectivity index (χ0n) is 19.8. The number of benzene rings is 2. The molecule has 1 aliphatic rings. The molecule has 3 rings (SSSR count). The molecule has 0 saturated carbocycles. The van der Waals surface area contributed by atoms with Crippen LogP contribution in [-0.2, 0) is 11.2 Å². The average molecular weight is 500 g/mol. The summed E-state index contributed by atoms with van der Waals surface area (Å²) in [5.41, 5.74) is 4.89. The number of hydrogen-bond donors (Lipinski definition) is 2. The van der Waals surface area contributed by atoms with Gasteiger partial charge in [0.1, 0.15) is 11.8 Å². The van der Waals surface area contributed by atoms with E-state index in [4.69, 9.17) is 27.9 Å². The molecule has 1 heterocycles. The van der Waals surface area contributed by atoms with Crippen molar-refractivity contribution in [3.8, 4) is 17.6 Å². The second kappa shape index (κ2) is 15.2. The van der Waals surface area contributed by atoms with Crippen LogP contribution in [0.5, 0.6) is 5.75 Å². The van der Waals surface area contributed by atoms with Gasteiger partial charge in [0.05, 0.1) is 0 Å². The van der Waals surface area contributed by atoms with Crippen molar-refractivity contribution in [1.82, 2.24) is 10.7 Å². The lowest BCUT2D eigenvalue weighted by Gasteiger charge is -2.15. The highest BCUT2D eigenvalue weighted by Crippen LogP contribution is 2.25. The van der Waals surface area contributed by atoms with Crippen LogP contribution in [0, 0.1) is 17.8 Å². The number of carbonyl (C=O) groups excluding carboxylic acids is 1. The lowest BCUT2D eigenvalue weighted by molar-refractivity contribution is -0.131. The van der Waals surface area contributed by atoms with Gasteiger partial charge in [-0.25, -0.2) is 0 Å². The average Bonchev–Trinajstić information content (AvgIpc) is 2.84. The highest BCUT2D eigenvalue weighted by molar-refractivity contribution is 6.33. The molecule has 2 aromatic carbocycles. The van der Waals surface area contributed by atoms with Crippen molar-refractivity contribution in [2.45, 2.75) is 39.2 Å². The predicted octanol–water partition coefficient (Wildman–Crippen LogP) is 5.65. The van der Waals surface area contributed by atoms with E-state index in [1.807, 2.05) is 37.4 Å². The Balaban J connectivity index is 0.000000242. The number of nitrogens with zero attached hydrogens (tertiary/aromatic N) is 1. The van der Waals surface area contributed by atoms with Crippen molar-refractivity contribution < 1.29 is 9.53 Å². The Hall–Kier alpha value is -2.78. The Bertz CT molecular complexity index is 1040. The maximum absolute atomic E-state index is 10.8. The normalized spacial score (nSPS) is 14.7. The molecule has 34 heavy (non-hydrogen) atoms. The molecule has 2 unspecified atom stereocenters. The number of rotatable bonds is 7. The van der Waals surface area contributed by atoms with E-state index in [2.05, 4.69) is 34.6 Å². The molecule has 2 aromatic rings. The molecule has 0 spiro atoms. The fourth-order valence-electron chi connectivity index (χ4n) is 3.19. The molecule has 2 atom stereocenters. The zero-order chi connectivity index (χ0) is 24.8. The standard InChI is InChI=1S/C14H12N2O2.C13H19Cl2N/c1-11(17)18-14-8-5-12(6-9-14)4-7-13-3-2-10-15-16-13;1-3-10(6-7-16-2)8-11-9-12(14)4-5-13(11)15/h2-3,5-6,8-10,13,16H,1H3;4-5,9-10,16H,3,6-8H2,1-2H3. The van der Waals surface area contributed by atoms with Gasteiger partial charge in [0.15, 0.2) is 0 Å². The zero-order valence-corrected chi connectivity index (χ0v) is 21.3. The number of halogens is 2. The minimum atomic E-state index is -0.330. The Kier molecular flexibility index (Phi) is 12.3. The first-order valence-corrected chi connectivity index (χ1v) is 12.0. The molecule has 0 saturated heterocycles. The summed E-state index contributed by atoms with van der Waals surface area (Å²) in [5.74, 6) is 6.91. The number of esters is 1. The minimum absolute atomic E-state index is 0.0665. The van der Waals surface area contributed by atoms with Crippen LogP contribution in [-0.4, -0.2) is 31.8 Å². The first kappa shape index (κ1) is 27.5. The number of carbonyl (C=O) groups is 1. The second-order valence-corrected chi connectivity index (χ2v) is 8.61. The van der Waals surface area contributed by atoms with E-state index < -0.39 is 0 Å². The van der Waals surface area contributed by atoms with Gasteiger partial charge in [0, 0.05) is 28.7 Å². The monoisotopic (exact) mass is 499 g/mol. The van der Waals surface area contributed by atoms with Crippen LogP contribution in [0.3, 0.4) is 0 Å². The number of hydrogen-bond acceptors (Lipinski definition) is 5. The number of hydrazone groups is 1. The summed E-state index contributed by atoms with van der Waals surface area (Å²) >= 11 is 12.1. The van der Waals surface area contributed by atoms with Crippen molar-refractivity contribution in [2.24, 2.45) is 11.0 Å². The third-order valence-electron chi connectivity index (χ3n) is 5.06. The van der Waals surface area contributed by atoms with Crippen molar-refractivity contribution >= 4 is 35.4 Å². The van der Waals surface area contributed by atoms with Gasteiger partial charge in [-0.05, 0) is 92.5 Å². The fourth-order valence-corrected chi connectivity index (χ4v) is 3.58. The molecule has 0 fully saturated rings. The molecule has 0 aliphatic carbocycles. The first-order chi connectivity index (χ1) is 16.4. The molecular weight excluding hydrogens is 469 g/mol. The van der Waals surface area contributed by atoms with Crippen molar-refractivity contribution in [3.05, 3.63) is 75.8 Å². The highest BCUT2D eigenvalue weighted by atomic mass is 35.5. The van der Waals surface area contributed by atoms with Gasteiger partial charge in [0.25, 0.3) is 0 Å². The number of ether oxygens (including phenoxy) is 1. The smallest absolute Gasteiger partial charge is 0.308 e. The summed E-state index contributed by atoms with van der Waals surface area (Å²) in [6, 6.07) is 12.7. The van der Waals surface area contributed by atoms with Gasteiger partial charge in [0.2, 0.25) is 0 Å². The van der Waals surface area contributed by atoms with Gasteiger partial charge in [-0.15, -0.1) is 0 Å². The van der Waals surface area contributed by atoms with Crippen LogP contribution in [0.2, 0.25) is 10.0 Å². The first-order valence-electron chi connectivity index (χ1n) is 11.2. The minimum Gasteiger partial charge on any atom is -0.427 e. The SMILES string of the molecule is CC(=O)Oc1ccc(C#CC2C=CC=NN2)cc1.CCC(CCNC)Cc1cc(Cl)ccc1Cl. The van der Waals surface area contributed by atoms with E-state index in [1.54, 1.807) is 30.5 Å². The van der Waals surface area contributed by atoms with E-state index in [0.29, 0.717) is 11.7 Å². The second-order valence-electron chi connectivity index (χ2n) is 7.76. The largest absolute Gasteiger partial charge is 0.427 e. The Morgan fingerprint density at radius 3 is 2.62 bits per heavy atom. The molecule has 0 amide bonds. The van der Waals surface area contributed by atoms with Gasteiger partial charge >= 0.3 is 5.97 Å². The van der Waals surface area contributed by atoms with Gasteiger partial charge < -0.3 is 10.1 Å². The Morgan fingerprint density at radius 2 is 2.00 bits per heavy atom. The van der Waals surface area contributed by atoms with Crippen LogP contribution in [0.25, 0.3) is 0 Å². The van der Waals surface area contributed by atoms with Gasteiger partial charge in [-0.1, -0.05) is 48.4 Å². The summed E-state index contributed by atoms with van der Waals surface area (Å²) in [5, 5.41) is 8.67. The molecule has 2 N–H and O–H groups in total. The van der Waals surface area contributed by atoms with Crippen molar-refractivity contribution in [1.29, 1.82) is 0 Å². The lowest BCUT2D eigenvalue weighted by Crippen LogP contribution is -2.22. The molecule has 0 bridgehead atoms. The Morgan fingerprint density at radius 1 is 1.24 bits per heavy atom. The van der Waals surface area contributed by atoms with Crippen molar-refractivity contribution in [2.75, 3.05) is 13.6 Å². The molecule has 5 nitrogen and oxygen atoms in total. The van der Waals surface area contributed by atoms with Crippen LogP contribution in [0.15, 0.2) is 59.7 Å². The van der Waals surface area contributed by atoms with E-state index >= 15 is 0 Å². The molecule has 180 valence electrons. The maximum Gasteiger partial charge on any atom is 0.308 e. The molecule has 0 radical (unpaired) electrons. The van der Waals surface area contributed by atoms with Crippen LogP contribution >= 0.6 is 23.2 Å². The predicted molar refractivity (Wildman–Crippen MR) is 142 cm³/mol. The summed E-state index contributed by atoms with van der Waals surface area (Å²) in [6.07, 6.45) is 8.80. The van der Waals surface area contributed by atoms with Crippen LogP contribution < -0.4 is 15.5 Å². The summed E-state index contributed by atoms with van der Waals surface area (Å²) < 4.78 is 4.93. The summed E-state index contributed by atoms with van der Waals surface area (Å²) in [7, 11) is 1.99. The molecule has 0 aromatic heterocycles. The van der Waals surface area contributed by atoms with Crippen LogP contribution in [0.1, 0.15) is 37.8 Å². The number of nitrogens with one attached hydrogen (secondary N) is 2. The summed E-state index contributed by atoms with van der Waals surface area (Å²) in [6.45, 7) is 4.64. The third-order valence-corrected chi connectivity index (χ3v) is 5.67. The van der Waals surface area contributed by atoms with E-state index in [0.717, 1.165) is 34.1 Å². The van der Waals surface area contributed by atoms with E-state index in [1.165, 1.54) is 19.8 Å². The van der Waals surface area contributed by atoms with E-state index in [9.17, 15) is 4.79 Å². The molecular formula is C27H31Cl2N3O2. The molecule has 7 heteroatoms. The Labute approximate surface area is 212 Å². The highest BCUT2D eigenvalue weighted by Gasteiger charge is 2.10. The van der Waals surface area contributed by atoms with Gasteiger partial charge in [-0.2, -0.15) is 5.10 Å². The summed E-state index contributed by atoms with van der Waals surface area (Å²) in [4.78, 5) is 10.8.